The molecule has 1 atom stereocenters. The number of anilines is 3. The van der Waals surface area contributed by atoms with Crippen molar-refractivity contribution in [2.45, 2.75) is 57.2 Å². The zero-order valence-electron chi connectivity index (χ0n) is 38.1. The lowest BCUT2D eigenvalue weighted by molar-refractivity contribution is -0.137. The van der Waals surface area contributed by atoms with Crippen LogP contribution in [0.15, 0.2) is 77.7 Å². The second kappa shape index (κ2) is 22.5. The lowest BCUT2D eigenvalue weighted by atomic mass is 10.0. The SMILES string of the molecule is CNC(=O)COc1cc2cc(Nc3nc(N4CCC(OCCOCCOCCCCOc5ccc(-c6ccc7c(c6)CN(C6CCC(=O)NC6=O)C7=O)cc5)CC4)ncc3Cl)ccc2n(C)c1=O. The second-order valence-electron chi connectivity index (χ2n) is 16.7. The number of unbranched alkanes of at least 4 members (excludes halogenated alkanes) is 1. The molecule has 0 aliphatic carbocycles. The van der Waals surface area contributed by atoms with Crippen LogP contribution in [0, 0.1) is 0 Å². The Hall–Kier alpha value is -6.60. The smallest absolute Gasteiger partial charge is 0.293 e. The normalized spacial score (nSPS) is 16.2. The van der Waals surface area contributed by atoms with Crippen molar-refractivity contribution in [3.05, 3.63) is 99.4 Å². The molecule has 18 nitrogen and oxygen atoms in total. The van der Waals surface area contributed by atoms with E-state index in [2.05, 4.69) is 25.8 Å². The van der Waals surface area contributed by atoms with Gasteiger partial charge in [-0.1, -0.05) is 29.8 Å². The van der Waals surface area contributed by atoms with Gasteiger partial charge in [0, 0.05) is 63.4 Å². The van der Waals surface area contributed by atoms with E-state index in [9.17, 15) is 24.0 Å². The molecule has 0 spiro atoms. The van der Waals surface area contributed by atoms with Crippen LogP contribution in [0.1, 0.15) is 54.4 Å². The zero-order valence-corrected chi connectivity index (χ0v) is 38.8. The average Bonchev–Trinajstić information content (AvgIpc) is 3.67. The Balaban J connectivity index is 0.671. The summed E-state index contributed by atoms with van der Waals surface area (Å²) >= 11 is 6.52. The van der Waals surface area contributed by atoms with E-state index >= 15 is 0 Å². The second-order valence-corrected chi connectivity index (χ2v) is 17.1. The molecule has 4 amide bonds. The maximum Gasteiger partial charge on any atom is 0.293 e. The Morgan fingerprint density at radius 2 is 1.60 bits per heavy atom. The van der Waals surface area contributed by atoms with Gasteiger partial charge in [-0.05, 0) is 97.3 Å². The first-order chi connectivity index (χ1) is 33.0. The summed E-state index contributed by atoms with van der Waals surface area (Å²) in [5, 5.41) is 9.19. The number of halogens is 1. The van der Waals surface area contributed by atoms with E-state index in [0.717, 1.165) is 66.6 Å². The minimum absolute atomic E-state index is 0.0715. The maximum atomic E-state index is 13.0. The van der Waals surface area contributed by atoms with Crippen LogP contribution in [0.4, 0.5) is 17.5 Å². The number of imide groups is 1. The van der Waals surface area contributed by atoms with Crippen molar-refractivity contribution in [1.82, 2.24) is 30.1 Å². The van der Waals surface area contributed by atoms with Crippen LogP contribution in [0.5, 0.6) is 11.5 Å². The Kier molecular flexibility index (Phi) is 15.8. The molecule has 0 bridgehead atoms. The number of carbonyl (C=O) groups excluding carboxylic acids is 4. The number of hydrogen-bond acceptors (Lipinski definition) is 14. The molecule has 5 heterocycles. The molecule has 3 N–H and O–H groups in total. The maximum absolute atomic E-state index is 13.0. The minimum Gasteiger partial charge on any atom is -0.494 e. The standard InChI is InChI=1S/C49H55ClN8O10/c1-51-44(60)30-68-42-27-33-26-35(8-12-40(33)56(2)48(42)63)53-45-39(50)28-52-49(55-45)57-17-15-37(16-18-57)67-24-23-65-22-21-64-19-3-4-20-66-36-9-5-31(6-10-36)32-7-11-38-34(25-32)29-58(47(38)62)41-13-14-43(59)54-46(41)61/h5-12,25-28,37,41H,3-4,13-24,29-30H2,1-2H3,(H,51,60)(H,52,53,55)(H,54,59,61). The van der Waals surface area contributed by atoms with E-state index in [1.165, 1.54) is 11.6 Å². The fraction of sp³-hybridized carbons (Fsp3) is 0.408. The first-order valence-corrected chi connectivity index (χ1v) is 23.2. The molecule has 68 heavy (non-hydrogen) atoms. The first-order valence-electron chi connectivity index (χ1n) is 22.8. The third-order valence-corrected chi connectivity index (χ3v) is 12.4. The molecule has 5 aromatic rings. The average molecular weight is 951 g/mol. The molecule has 3 aromatic carbocycles. The number of nitrogens with one attached hydrogen (secondary N) is 3. The highest BCUT2D eigenvalue weighted by Gasteiger charge is 2.39. The molecule has 2 saturated heterocycles. The van der Waals surface area contributed by atoms with Crippen molar-refractivity contribution >= 4 is 63.6 Å². The van der Waals surface area contributed by atoms with Gasteiger partial charge >= 0.3 is 0 Å². The largest absolute Gasteiger partial charge is 0.494 e. The third kappa shape index (κ3) is 11.7. The summed E-state index contributed by atoms with van der Waals surface area (Å²) in [5.41, 5.74) is 4.47. The molecule has 358 valence electrons. The summed E-state index contributed by atoms with van der Waals surface area (Å²) in [5.74, 6) is 0.611. The number of fused-ring (bicyclic) bond motifs is 2. The number of aromatic nitrogens is 3. The molecule has 2 aromatic heterocycles. The zero-order chi connectivity index (χ0) is 47.6. The predicted molar refractivity (Wildman–Crippen MR) is 255 cm³/mol. The van der Waals surface area contributed by atoms with Gasteiger partial charge in [-0.2, -0.15) is 4.98 Å². The number of piperidine rings is 2. The number of carbonyl (C=O) groups is 4. The van der Waals surface area contributed by atoms with Gasteiger partial charge in [0.15, 0.2) is 18.2 Å². The number of benzene rings is 3. The highest BCUT2D eigenvalue weighted by atomic mass is 35.5. The Morgan fingerprint density at radius 3 is 2.38 bits per heavy atom. The first kappa shape index (κ1) is 47.9. The van der Waals surface area contributed by atoms with Gasteiger partial charge < -0.3 is 48.7 Å². The van der Waals surface area contributed by atoms with E-state index in [4.69, 9.17) is 40.3 Å². The molecule has 3 aliphatic heterocycles. The van der Waals surface area contributed by atoms with Crippen molar-refractivity contribution < 1.29 is 42.9 Å². The van der Waals surface area contributed by atoms with E-state index in [0.29, 0.717) is 86.2 Å². The number of aryl methyl sites for hydroxylation is 1. The fourth-order valence-corrected chi connectivity index (χ4v) is 8.53. The summed E-state index contributed by atoms with van der Waals surface area (Å²) in [6.07, 6.45) is 5.58. The van der Waals surface area contributed by atoms with Crippen molar-refractivity contribution in [1.29, 1.82) is 0 Å². The van der Waals surface area contributed by atoms with Gasteiger partial charge in [-0.3, -0.25) is 29.3 Å². The molecule has 3 aliphatic rings. The summed E-state index contributed by atoms with van der Waals surface area (Å²) in [7, 11) is 3.15. The topological polar surface area (TPSA) is 205 Å². The van der Waals surface area contributed by atoms with Crippen LogP contribution in [-0.4, -0.2) is 122 Å². The molecule has 19 heteroatoms. The Bertz CT molecular complexity index is 2690. The van der Waals surface area contributed by atoms with Crippen molar-refractivity contribution in [3.63, 3.8) is 0 Å². The van der Waals surface area contributed by atoms with Gasteiger partial charge in [-0.15, -0.1) is 0 Å². The number of likely N-dealkylation sites (N-methyl/N-ethyl adjacent to an activating group) is 1. The van der Waals surface area contributed by atoms with Crippen LogP contribution in [0.2, 0.25) is 5.02 Å². The molecule has 2 fully saturated rings. The number of hydrogen-bond donors (Lipinski definition) is 3. The predicted octanol–water partition coefficient (Wildman–Crippen LogP) is 5.16. The highest BCUT2D eigenvalue weighted by molar-refractivity contribution is 6.33. The lowest BCUT2D eigenvalue weighted by Crippen LogP contribution is -2.52. The molecule has 0 radical (unpaired) electrons. The van der Waals surface area contributed by atoms with Crippen LogP contribution < -0.4 is 35.9 Å². The highest BCUT2D eigenvalue weighted by Crippen LogP contribution is 2.33. The van der Waals surface area contributed by atoms with Gasteiger partial charge in [0.1, 0.15) is 16.8 Å². The Labute approximate surface area is 398 Å². The number of ether oxygens (including phenoxy) is 5. The molecule has 1 unspecified atom stereocenters. The minimum atomic E-state index is -0.635. The van der Waals surface area contributed by atoms with Crippen LogP contribution in [0.3, 0.4) is 0 Å². The van der Waals surface area contributed by atoms with Gasteiger partial charge in [0.25, 0.3) is 17.4 Å². The van der Waals surface area contributed by atoms with E-state index in [1.807, 2.05) is 60.7 Å². The van der Waals surface area contributed by atoms with Crippen molar-refractivity contribution in [3.8, 4) is 22.6 Å². The quantitative estimate of drug-likeness (QED) is 0.0643. The number of nitrogens with zero attached hydrogens (tertiary/aromatic N) is 5. The Morgan fingerprint density at radius 1 is 0.853 bits per heavy atom. The summed E-state index contributed by atoms with van der Waals surface area (Å²) in [4.78, 5) is 74.4. The third-order valence-electron chi connectivity index (χ3n) is 12.2. The van der Waals surface area contributed by atoms with Crippen LogP contribution >= 0.6 is 11.6 Å². The van der Waals surface area contributed by atoms with E-state index < -0.39 is 11.9 Å². The van der Waals surface area contributed by atoms with Crippen molar-refractivity contribution in [2.75, 3.05) is 76.6 Å². The van der Waals surface area contributed by atoms with E-state index in [-0.39, 0.29) is 48.2 Å². The summed E-state index contributed by atoms with van der Waals surface area (Å²) in [6.45, 7) is 4.66. The lowest BCUT2D eigenvalue weighted by Gasteiger charge is -2.32. The summed E-state index contributed by atoms with van der Waals surface area (Å²) in [6, 6.07) is 20.1. The van der Waals surface area contributed by atoms with Crippen LogP contribution in [-0.2, 0) is 42.2 Å². The monoisotopic (exact) mass is 950 g/mol. The number of pyridine rings is 1. The van der Waals surface area contributed by atoms with Crippen molar-refractivity contribution in [2.24, 2.45) is 7.05 Å². The number of amides is 4. The molecule has 8 rings (SSSR count). The molecular formula is C49H55ClN8O10. The van der Waals surface area contributed by atoms with Gasteiger partial charge in [-0.25, -0.2) is 4.98 Å². The van der Waals surface area contributed by atoms with Gasteiger partial charge in [0.2, 0.25) is 17.8 Å². The number of rotatable bonds is 21. The summed E-state index contributed by atoms with van der Waals surface area (Å²) < 4.78 is 30.5. The van der Waals surface area contributed by atoms with E-state index in [1.54, 1.807) is 24.2 Å². The fourth-order valence-electron chi connectivity index (χ4n) is 8.40. The van der Waals surface area contributed by atoms with Gasteiger partial charge in [0.05, 0.1) is 50.9 Å². The van der Waals surface area contributed by atoms with Crippen LogP contribution in [0.25, 0.3) is 22.0 Å². The molecule has 0 saturated carbocycles. The molecular weight excluding hydrogens is 896 g/mol.